The van der Waals surface area contributed by atoms with Crippen molar-refractivity contribution < 1.29 is 4.74 Å². The smallest absolute Gasteiger partial charge is 0.213 e. The highest BCUT2D eigenvalue weighted by Crippen LogP contribution is 2.39. The second kappa shape index (κ2) is 5.95. The van der Waals surface area contributed by atoms with E-state index < -0.39 is 0 Å². The van der Waals surface area contributed by atoms with E-state index in [1.165, 1.54) is 24.0 Å². The molecule has 0 amide bonds. The molecule has 104 valence electrons. The van der Waals surface area contributed by atoms with Crippen LogP contribution in [0.15, 0.2) is 42.6 Å². The van der Waals surface area contributed by atoms with Gasteiger partial charge in [-0.3, -0.25) is 0 Å². The first-order valence-electron chi connectivity index (χ1n) is 7.26. The van der Waals surface area contributed by atoms with Crippen LogP contribution in [-0.4, -0.2) is 11.6 Å². The van der Waals surface area contributed by atoms with Gasteiger partial charge in [-0.25, -0.2) is 4.98 Å². The first-order valence-corrected chi connectivity index (χ1v) is 7.26. The maximum absolute atomic E-state index is 5.33. The molecule has 20 heavy (non-hydrogen) atoms. The second-order valence-electron chi connectivity index (χ2n) is 5.19. The Labute approximate surface area is 120 Å². The molecule has 1 heterocycles. The Hall–Kier alpha value is -2.03. The molecule has 0 unspecified atom stereocenters. The van der Waals surface area contributed by atoms with Crippen LogP contribution in [0.2, 0.25) is 0 Å². The van der Waals surface area contributed by atoms with Gasteiger partial charge in [-0.1, -0.05) is 24.3 Å². The highest BCUT2D eigenvalue weighted by atomic mass is 16.5. The van der Waals surface area contributed by atoms with Gasteiger partial charge in [0.2, 0.25) is 5.88 Å². The summed E-state index contributed by atoms with van der Waals surface area (Å²) in [6.45, 7) is 3.42. The fraction of sp³-hybridized carbons (Fsp3) is 0.353. The molecule has 1 aromatic heterocycles. The minimum Gasteiger partial charge on any atom is -0.478 e. The zero-order chi connectivity index (χ0) is 13.8. The van der Waals surface area contributed by atoms with Crippen molar-refractivity contribution in [3.63, 3.8) is 0 Å². The Bertz CT molecular complexity index is 544. The Kier molecular flexibility index (Phi) is 3.86. The number of hydrogen-bond acceptors (Lipinski definition) is 3. The van der Waals surface area contributed by atoms with Crippen molar-refractivity contribution in [3.05, 3.63) is 53.7 Å². The van der Waals surface area contributed by atoms with Crippen molar-refractivity contribution in [1.82, 2.24) is 4.98 Å². The molecule has 0 radical (unpaired) electrons. The summed E-state index contributed by atoms with van der Waals surface area (Å²) in [5.74, 6) is 1.50. The van der Waals surface area contributed by atoms with Gasteiger partial charge in [-0.15, -0.1) is 0 Å². The number of nitrogens with one attached hydrogen (secondary N) is 1. The van der Waals surface area contributed by atoms with Gasteiger partial charge >= 0.3 is 0 Å². The van der Waals surface area contributed by atoms with Crippen LogP contribution in [0.1, 0.15) is 36.8 Å². The third kappa shape index (κ3) is 3.29. The predicted octanol–water partition coefficient (Wildman–Crippen LogP) is 3.97. The molecule has 3 rings (SSSR count). The van der Waals surface area contributed by atoms with Crippen LogP contribution < -0.4 is 10.1 Å². The average molecular weight is 268 g/mol. The second-order valence-corrected chi connectivity index (χ2v) is 5.19. The first-order chi connectivity index (χ1) is 9.85. The monoisotopic (exact) mass is 268 g/mol. The van der Waals surface area contributed by atoms with Gasteiger partial charge < -0.3 is 10.1 Å². The third-order valence-corrected chi connectivity index (χ3v) is 3.55. The molecule has 0 bridgehead atoms. The van der Waals surface area contributed by atoms with Crippen LogP contribution in [0.5, 0.6) is 5.88 Å². The molecule has 0 spiro atoms. The van der Waals surface area contributed by atoms with E-state index in [0.29, 0.717) is 12.5 Å². The molecule has 0 atom stereocenters. The van der Waals surface area contributed by atoms with E-state index in [1.807, 2.05) is 25.3 Å². The largest absolute Gasteiger partial charge is 0.478 e. The van der Waals surface area contributed by atoms with Crippen molar-refractivity contribution in [2.75, 3.05) is 11.9 Å². The summed E-state index contributed by atoms with van der Waals surface area (Å²) in [5.41, 5.74) is 3.79. The van der Waals surface area contributed by atoms with Gasteiger partial charge in [0, 0.05) is 12.6 Å². The van der Waals surface area contributed by atoms with E-state index in [1.54, 1.807) is 0 Å². The lowest BCUT2D eigenvalue weighted by Gasteiger charge is -2.08. The summed E-state index contributed by atoms with van der Waals surface area (Å²) in [4.78, 5) is 4.24. The van der Waals surface area contributed by atoms with E-state index in [2.05, 4.69) is 34.6 Å². The highest BCUT2D eigenvalue weighted by molar-refractivity contribution is 5.43. The normalized spacial score (nSPS) is 14.1. The number of anilines is 1. The van der Waals surface area contributed by atoms with E-state index in [4.69, 9.17) is 4.74 Å². The molecule has 1 aliphatic rings. The highest BCUT2D eigenvalue weighted by Gasteiger charge is 2.22. The van der Waals surface area contributed by atoms with E-state index in [-0.39, 0.29) is 0 Å². The molecular formula is C17H20N2O. The Morgan fingerprint density at radius 1 is 1.15 bits per heavy atom. The number of hydrogen-bond donors (Lipinski definition) is 1. The summed E-state index contributed by atoms with van der Waals surface area (Å²) in [6, 6.07) is 12.8. The van der Waals surface area contributed by atoms with Gasteiger partial charge in [-0.2, -0.15) is 0 Å². The number of rotatable bonds is 6. The number of aromatic nitrogens is 1. The van der Waals surface area contributed by atoms with Gasteiger partial charge in [0.1, 0.15) is 0 Å². The quantitative estimate of drug-likeness (QED) is 0.860. The topological polar surface area (TPSA) is 34.1 Å². The number of ether oxygens (including phenoxy) is 1. The van der Waals surface area contributed by atoms with Crippen molar-refractivity contribution in [1.29, 1.82) is 0 Å². The standard InChI is InChI=1S/C17H20N2O/c1-2-20-17-10-9-16(12-19-17)18-11-13-3-5-14(6-4-13)15-7-8-15/h3-6,9-10,12,15,18H,2,7-8,11H2,1H3. The summed E-state index contributed by atoms with van der Waals surface area (Å²) < 4.78 is 5.33. The maximum atomic E-state index is 5.33. The Balaban J connectivity index is 1.55. The van der Waals surface area contributed by atoms with Crippen LogP contribution in [0.25, 0.3) is 0 Å². The molecule has 2 aromatic rings. The Morgan fingerprint density at radius 3 is 2.55 bits per heavy atom. The summed E-state index contributed by atoms with van der Waals surface area (Å²) in [7, 11) is 0. The minimum absolute atomic E-state index is 0.646. The van der Waals surface area contributed by atoms with Crippen LogP contribution in [0.3, 0.4) is 0 Å². The molecule has 1 fully saturated rings. The molecule has 3 heteroatoms. The lowest BCUT2D eigenvalue weighted by Crippen LogP contribution is -2.00. The van der Waals surface area contributed by atoms with E-state index >= 15 is 0 Å². The summed E-state index contributed by atoms with van der Waals surface area (Å²) >= 11 is 0. The number of pyridine rings is 1. The molecule has 3 nitrogen and oxygen atoms in total. The van der Waals surface area contributed by atoms with Crippen molar-refractivity contribution in [2.24, 2.45) is 0 Å². The van der Waals surface area contributed by atoms with Crippen LogP contribution in [0.4, 0.5) is 5.69 Å². The van der Waals surface area contributed by atoms with Gasteiger partial charge in [0.15, 0.2) is 0 Å². The molecule has 1 saturated carbocycles. The number of benzene rings is 1. The van der Waals surface area contributed by atoms with Crippen molar-refractivity contribution in [2.45, 2.75) is 32.2 Å². The first kappa shape index (κ1) is 13.0. The minimum atomic E-state index is 0.646. The lowest BCUT2D eigenvalue weighted by atomic mass is 10.1. The van der Waals surface area contributed by atoms with Crippen LogP contribution in [-0.2, 0) is 6.54 Å². The van der Waals surface area contributed by atoms with Gasteiger partial charge in [0.25, 0.3) is 0 Å². The fourth-order valence-electron chi connectivity index (χ4n) is 2.25. The van der Waals surface area contributed by atoms with Gasteiger partial charge in [0.05, 0.1) is 18.5 Å². The van der Waals surface area contributed by atoms with Crippen molar-refractivity contribution in [3.8, 4) is 5.88 Å². The third-order valence-electron chi connectivity index (χ3n) is 3.55. The SMILES string of the molecule is CCOc1ccc(NCc2ccc(C3CC3)cc2)cn1. The zero-order valence-corrected chi connectivity index (χ0v) is 11.8. The van der Waals surface area contributed by atoms with Crippen molar-refractivity contribution >= 4 is 5.69 Å². The Morgan fingerprint density at radius 2 is 1.95 bits per heavy atom. The zero-order valence-electron chi connectivity index (χ0n) is 11.8. The molecule has 1 aromatic carbocycles. The fourth-order valence-corrected chi connectivity index (χ4v) is 2.25. The predicted molar refractivity (Wildman–Crippen MR) is 81.1 cm³/mol. The lowest BCUT2D eigenvalue weighted by molar-refractivity contribution is 0.327. The number of nitrogens with zero attached hydrogens (tertiary/aromatic N) is 1. The molecular weight excluding hydrogens is 248 g/mol. The van der Waals surface area contributed by atoms with E-state index in [9.17, 15) is 0 Å². The molecule has 1 N–H and O–H groups in total. The molecule has 0 aliphatic heterocycles. The van der Waals surface area contributed by atoms with E-state index in [0.717, 1.165) is 18.2 Å². The van der Waals surface area contributed by atoms with Crippen LogP contribution in [0, 0.1) is 0 Å². The maximum Gasteiger partial charge on any atom is 0.213 e. The van der Waals surface area contributed by atoms with Gasteiger partial charge in [-0.05, 0) is 42.9 Å². The average Bonchev–Trinajstić information content (AvgIpc) is 3.32. The molecule has 0 saturated heterocycles. The summed E-state index contributed by atoms with van der Waals surface area (Å²) in [5, 5.41) is 3.38. The molecule has 1 aliphatic carbocycles. The summed E-state index contributed by atoms with van der Waals surface area (Å²) in [6.07, 6.45) is 4.52. The van der Waals surface area contributed by atoms with Crippen LogP contribution >= 0.6 is 0 Å².